The number of benzene rings is 1. The van der Waals surface area contributed by atoms with Crippen molar-refractivity contribution in [3.8, 4) is 0 Å². The lowest BCUT2D eigenvalue weighted by molar-refractivity contribution is 0.00878. The highest BCUT2D eigenvalue weighted by atomic mass is 79.9. The molecule has 1 atom stereocenters. The summed E-state index contributed by atoms with van der Waals surface area (Å²) < 4.78 is 19.1. The van der Waals surface area contributed by atoms with E-state index in [0.717, 1.165) is 13.1 Å². The molecule has 5 nitrogen and oxygen atoms in total. The Kier molecular flexibility index (Phi) is 6.31. The molecule has 0 saturated carbocycles. The molecule has 22 heavy (non-hydrogen) atoms. The first-order valence-corrected chi connectivity index (χ1v) is 7.95. The zero-order valence-electron chi connectivity index (χ0n) is 12.5. The molecule has 1 aliphatic heterocycles. The molecule has 0 bridgehead atoms. The Labute approximate surface area is 137 Å². The van der Waals surface area contributed by atoms with E-state index in [0.29, 0.717) is 24.2 Å². The van der Waals surface area contributed by atoms with Crippen LogP contribution in [0, 0.1) is 5.82 Å². The standard InChI is InChI=1S/C15H20BrFN2O3/c1-18(9-12(20)10-19-4-6-22-7-5-19)15(21)11-2-3-13(16)14(17)8-11/h2-3,8,12,20H,4-7,9-10H2,1H3. The number of likely N-dealkylation sites (N-methyl/N-ethyl adjacent to an activating group) is 1. The van der Waals surface area contributed by atoms with Crippen molar-refractivity contribution in [1.82, 2.24) is 9.80 Å². The summed E-state index contributed by atoms with van der Waals surface area (Å²) in [6, 6.07) is 4.25. The van der Waals surface area contributed by atoms with Gasteiger partial charge in [0, 0.05) is 38.8 Å². The van der Waals surface area contributed by atoms with Crippen LogP contribution in [0.4, 0.5) is 4.39 Å². The normalized spacial score (nSPS) is 17.3. The monoisotopic (exact) mass is 374 g/mol. The molecule has 0 aliphatic carbocycles. The molecular weight excluding hydrogens is 355 g/mol. The highest BCUT2D eigenvalue weighted by molar-refractivity contribution is 9.10. The average Bonchev–Trinajstić information content (AvgIpc) is 2.50. The van der Waals surface area contributed by atoms with Gasteiger partial charge in [0.1, 0.15) is 5.82 Å². The number of hydrogen-bond acceptors (Lipinski definition) is 4. The number of ether oxygens (including phenoxy) is 1. The van der Waals surface area contributed by atoms with Gasteiger partial charge in [0.15, 0.2) is 0 Å². The van der Waals surface area contributed by atoms with Crippen molar-refractivity contribution < 1.29 is 19.0 Å². The van der Waals surface area contributed by atoms with Crippen LogP contribution in [0.3, 0.4) is 0 Å². The summed E-state index contributed by atoms with van der Waals surface area (Å²) in [5, 5.41) is 10.1. The second kappa shape index (κ2) is 8.01. The average molecular weight is 375 g/mol. The molecule has 1 saturated heterocycles. The summed E-state index contributed by atoms with van der Waals surface area (Å²) in [5.74, 6) is -0.791. The van der Waals surface area contributed by atoms with Gasteiger partial charge in [-0.2, -0.15) is 0 Å². The molecule has 0 spiro atoms. The molecule has 1 aromatic carbocycles. The van der Waals surface area contributed by atoms with E-state index in [1.807, 2.05) is 0 Å². The summed E-state index contributed by atoms with van der Waals surface area (Å²) in [6.07, 6.45) is -0.646. The lowest BCUT2D eigenvalue weighted by atomic mass is 10.2. The van der Waals surface area contributed by atoms with E-state index in [4.69, 9.17) is 4.74 Å². The van der Waals surface area contributed by atoms with Gasteiger partial charge in [-0.3, -0.25) is 9.69 Å². The van der Waals surface area contributed by atoms with Gasteiger partial charge < -0.3 is 14.7 Å². The molecule has 1 heterocycles. The molecule has 0 aromatic heterocycles. The second-order valence-electron chi connectivity index (χ2n) is 5.38. The van der Waals surface area contributed by atoms with Crippen molar-refractivity contribution >= 4 is 21.8 Å². The van der Waals surface area contributed by atoms with E-state index in [1.54, 1.807) is 13.1 Å². The van der Waals surface area contributed by atoms with Crippen molar-refractivity contribution in [2.75, 3.05) is 46.4 Å². The van der Waals surface area contributed by atoms with Crippen LogP contribution >= 0.6 is 15.9 Å². The summed E-state index contributed by atoms with van der Waals surface area (Å²) in [7, 11) is 1.60. The predicted molar refractivity (Wildman–Crippen MR) is 84.3 cm³/mol. The maximum absolute atomic E-state index is 13.5. The molecule has 1 N–H and O–H groups in total. The van der Waals surface area contributed by atoms with Crippen LogP contribution < -0.4 is 0 Å². The van der Waals surface area contributed by atoms with Gasteiger partial charge >= 0.3 is 0 Å². The fourth-order valence-corrected chi connectivity index (χ4v) is 2.63. The summed E-state index contributed by atoms with van der Waals surface area (Å²) in [4.78, 5) is 15.7. The quantitative estimate of drug-likeness (QED) is 0.845. The number of nitrogens with zero attached hydrogens (tertiary/aromatic N) is 2. The van der Waals surface area contributed by atoms with Gasteiger partial charge in [0.2, 0.25) is 0 Å². The van der Waals surface area contributed by atoms with E-state index in [1.165, 1.54) is 17.0 Å². The Hall–Kier alpha value is -1.02. The van der Waals surface area contributed by atoms with Gasteiger partial charge in [-0.25, -0.2) is 4.39 Å². The van der Waals surface area contributed by atoms with Crippen molar-refractivity contribution in [1.29, 1.82) is 0 Å². The fourth-order valence-electron chi connectivity index (χ4n) is 2.39. The molecule has 1 amide bonds. The molecule has 1 aliphatic rings. The molecular formula is C15H20BrFN2O3. The Morgan fingerprint density at radius 3 is 2.82 bits per heavy atom. The topological polar surface area (TPSA) is 53.0 Å². The molecule has 122 valence electrons. The number of aliphatic hydroxyl groups excluding tert-OH is 1. The van der Waals surface area contributed by atoms with Crippen LogP contribution in [0.5, 0.6) is 0 Å². The lowest BCUT2D eigenvalue weighted by Gasteiger charge is -2.30. The van der Waals surface area contributed by atoms with Crippen LogP contribution in [0.25, 0.3) is 0 Å². The van der Waals surface area contributed by atoms with E-state index >= 15 is 0 Å². The molecule has 1 unspecified atom stereocenters. The minimum Gasteiger partial charge on any atom is -0.390 e. The Balaban J connectivity index is 1.88. The predicted octanol–water partition coefficient (Wildman–Crippen LogP) is 1.35. The first kappa shape index (κ1) is 17.3. The van der Waals surface area contributed by atoms with Crippen LogP contribution in [0.1, 0.15) is 10.4 Å². The number of carbonyl (C=O) groups is 1. The summed E-state index contributed by atoms with van der Waals surface area (Å²) in [6.45, 7) is 3.60. The van der Waals surface area contributed by atoms with Crippen LogP contribution in [-0.4, -0.2) is 73.4 Å². The third kappa shape index (κ3) is 4.74. The van der Waals surface area contributed by atoms with E-state index in [-0.39, 0.29) is 18.0 Å². The number of rotatable bonds is 5. The Morgan fingerprint density at radius 2 is 2.18 bits per heavy atom. The first-order valence-electron chi connectivity index (χ1n) is 7.16. The molecule has 7 heteroatoms. The van der Waals surface area contributed by atoms with Crippen LogP contribution in [0.2, 0.25) is 0 Å². The number of halogens is 2. The number of hydrogen-bond donors (Lipinski definition) is 1. The zero-order chi connectivity index (χ0) is 16.1. The van der Waals surface area contributed by atoms with Crippen LogP contribution in [-0.2, 0) is 4.74 Å². The van der Waals surface area contributed by atoms with Gasteiger partial charge in [-0.15, -0.1) is 0 Å². The van der Waals surface area contributed by atoms with Crippen LogP contribution in [0.15, 0.2) is 22.7 Å². The molecule has 1 aromatic rings. The number of aliphatic hydroxyl groups is 1. The number of β-amino-alcohol motifs (C(OH)–C–C–N with tert-alkyl or cyclic N) is 1. The summed E-state index contributed by atoms with van der Waals surface area (Å²) in [5.41, 5.74) is 0.266. The lowest BCUT2D eigenvalue weighted by Crippen LogP contribution is -2.45. The molecule has 0 radical (unpaired) electrons. The van der Waals surface area contributed by atoms with Gasteiger partial charge in [-0.1, -0.05) is 0 Å². The number of carbonyl (C=O) groups excluding carboxylic acids is 1. The molecule has 2 rings (SSSR count). The highest BCUT2D eigenvalue weighted by Gasteiger charge is 2.19. The second-order valence-corrected chi connectivity index (χ2v) is 6.24. The van der Waals surface area contributed by atoms with Crippen molar-refractivity contribution in [2.24, 2.45) is 0 Å². The number of morpholine rings is 1. The van der Waals surface area contributed by atoms with Crippen molar-refractivity contribution in [3.05, 3.63) is 34.1 Å². The van der Waals surface area contributed by atoms with Gasteiger partial charge in [0.25, 0.3) is 5.91 Å². The number of amides is 1. The fraction of sp³-hybridized carbons (Fsp3) is 0.533. The largest absolute Gasteiger partial charge is 0.390 e. The maximum Gasteiger partial charge on any atom is 0.253 e. The Bertz CT molecular complexity index is 524. The zero-order valence-corrected chi connectivity index (χ0v) is 14.1. The van der Waals surface area contributed by atoms with E-state index < -0.39 is 11.9 Å². The minimum atomic E-state index is -0.646. The highest BCUT2D eigenvalue weighted by Crippen LogP contribution is 2.17. The maximum atomic E-state index is 13.5. The molecule has 1 fully saturated rings. The van der Waals surface area contributed by atoms with E-state index in [9.17, 15) is 14.3 Å². The van der Waals surface area contributed by atoms with Crippen molar-refractivity contribution in [2.45, 2.75) is 6.10 Å². The van der Waals surface area contributed by atoms with Gasteiger partial charge in [-0.05, 0) is 34.1 Å². The third-order valence-corrected chi connectivity index (χ3v) is 4.21. The first-order chi connectivity index (χ1) is 10.5. The SMILES string of the molecule is CN(CC(O)CN1CCOCC1)C(=O)c1ccc(Br)c(F)c1. The van der Waals surface area contributed by atoms with Crippen molar-refractivity contribution in [3.63, 3.8) is 0 Å². The Morgan fingerprint density at radius 1 is 1.50 bits per heavy atom. The smallest absolute Gasteiger partial charge is 0.253 e. The van der Waals surface area contributed by atoms with Gasteiger partial charge in [0.05, 0.1) is 23.8 Å². The summed E-state index contributed by atoms with van der Waals surface area (Å²) >= 11 is 3.06. The minimum absolute atomic E-state index is 0.202. The third-order valence-electron chi connectivity index (χ3n) is 3.57. The van der Waals surface area contributed by atoms with E-state index in [2.05, 4.69) is 20.8 Å².